The molecule has 1 aliphatic rings. The third kappa shape index (κ3) is 2.21. The third-order valence-corrected chi connectivity index (χ3v) is 4.03. The molecule has 1 aliphatic heterocycles. The lowest BCUT2D eigenvalue weighted by Gasteiger charge is -2.11. The van der Waals surface area contributed by atoms with Crippen molar-refractivity contribution < 1.29 is 12.9 Å². The van der Waals surface area contributed by atoms with Gasteiger partial charge < -0.3 is 10.3 Å². The Bertz CT molecular complexity index is 462. The minimum Gasteiger partial charge on any atom is -0.361 e. The highest BCUT2D eigenvalue weighted by Crippen LogP contribution is 2.24. The standard InChI is InChI=1S/C9H14N2O3S/c1-6(10)4-9-7-5-15(12,13)3-2-8(7)11-14-9/h6H,2-5,10H2,1H3. The molecule has 15 heavy (non-hydrogen) atoms. The molecule has 0 saturated carbocycles. The Morgan fingerprint density at radius 1 is 1.60 bits per heavy atom. The Hall–Kier alpha value is -0.880. The van der Waals surface area contributed by atoms with Gasteiger partial charge in [0.05, 0.1) is 17.2 Å². The van der Waals surface area contributed by atoms with Crippen molar-refractivity contribution in [3.05, 3.63) is 17.0 Å². The summed E-state index contributed by atoms with van der Waals surface area (Å²) in [7, 11) is -2.97. The van der Waals surface area contributed by atoms with E-state index < -0.39 is 9.84 Å². The fourth-order valence-electron chi connectivity index (χ4n) is 1.74. The molecule has 0 fully saturated rings. The van der Waals surface area contributed by atoms with E-state index in [0.29, 0.717) is 18.6 Å². The highest BCUT2D eigenvalue weighted by atomic mass is 32.2. The molecular weight excluding hydrogens is 216 g/mol. The number of rotatable bonds is 2. The lowest BCUT2D eigenvalue weighted by Crippen LogP contribution is -2.22. The van der Waals surface area contributed by atoms with E-state index in [9.17, 15) is 8.42 Å². The van der Waals surface area contributed by atoms with Crippen LogP contribution in [0.1, 0.15) is 23.9 Å². The van der Waals surface area contributed by atoms with Gasteiger partial charge in [-0.15, -0.1) is 0 Å². The van der Waals surface area contributed by atoms with Crippen molar-refractivity contribution >= 4 is 9.84 Å². The zero-order valence-corrected chi connectivity index (χ0v) is 9.38. The van der Waals surface area contributed by atoms with Crippen molar-refractivity contribution in [1.82, 2.24) is 5.16 Å². The summed E-state index contributed by atoms with van der Waals surface area (Å²) in [6.45, 7) is 1.85. The molecule has 2 rings (SSSR count). The molecule has 2 N–H and O–H groups in total. The zero-order valence-electron chi connectivity index (χ0n) is 8.56. The van der Waals surface area contributed by atoms with E-state index in [1.807, 2.05) is 6.92 Å². The summed E-state index contributed by atoms with van der Waals surface area (Å²) in [5.74, 6) is 0.848. The first kappa shape index (κ1) is 10.6. The van der Waals surface area contributed by atoms with Gasteiger partial charge in [0, 0.05) is 24.4 Å². The van der Waals surface area contributed by atoms with Crippen LogP contribution in [-0.2, 0) is 28.4 Å². The molecule has 0 aliphatic carbocycles. The smallest absolute Gasteiger partial charge is 0.155 e. The number of aryl methyl sites for hydroxylation is 1. The van der Waals surface area contributed by atoms with Gasteiger partial charge in [0.1, 0.15) is 5.76 Å². The largest absolute Gasteiger partial charge is 0.361 e. The van der Waals surface area contributed by atoms with E-state index >= 15 is 0 Å². The lowest BCUT2D eigenvalue weighted by molar-refractivity contribution is 0.371. The van der Waals surface area contributed by atoms with Crippen LogP contribution in [0.2, 0.25) is 0 Å². The minimum atomic E-state index is -2.97. The highest BCUT2D eigenvalue weighted by Gasteiger charge is 2.28. The van der Waals surface area contributed by atoms with Crippen molar-refractivity contribution in [2.75, 3.05) is 5.75 Å². The first-order chi connectivity index (χ1) is 6.98. The molecule has 0 spiro atoms. The first-order valence-corrected chi connectivity index (χ1v) is 6.72. The van der Waals surface area contributed by atoms with Crippen LogP contribution in [0.5, 0.6) is 0 Å². The Balaban J connectivity index is 2.33. The topological polar surface area (TPSA) is 86.2 Å². The van der Waals surface area contributed by atoms with Crippen molar-refractivity contribution in [2.45, 2.75) is 31.6 Å². The average molecular weight is 230 g/mol. The molecule has 1 atom stereocenters. The van der Waals surface area contributed by atoms with Crippen molar-refractivity contribution in [2.24, 2.45) is 5.73 Å². The van der Waals surface area contributed by atoms with Crippen LogP contribution in [0.25, 0.3) is 0 Å². The van der Waals surface area contributed by atoms with E-state index in [2.05, 4.69) is 5.16 Å². The molecule has 5 nitrogen and oxygen atoms in total. The van der Waals surface area contributed by atoms with Gasteiger partial charge in [0.2, 0.25) is 0 Å². The van der Waals surface area contributed by atoms with E-state index in [-0.39, 0.29) is 17.5 Å². The van der Waals surface area contributed by atoms with Gasteiger partial charge in [0.25, 0.3) is 0 Å². The predicted octanol–water partition coefficient (Wildman–Crippen LogP) is 0.0352. The van der Waals surface area contributed by atoms with Crippen molar-refractivity contribution in [3.63, 3.8) is 0 Å². The molecule has 1 aromatic heterocycles. The third-order valence-electron chi connectivity index (χ3n) is 2.47. The van der Waals surface area contributed by atoms with Gasteiger partial charge in [-0.25, -0.2) is 8.42 Å². The monoisotopic (exact) mass is 230 g/mol. The van der Waals surface area contributed by atoms with Crippen LogP contribution in [0.4, 0.5) is 0 Å². The number of fused-ring (bicyclic) bond motifs is 1. The number of hydrogen-bond donors (Lipinski definition) is 1. The quantitative estimate of drug-likeness (QED) is 0.775. The Labute approximate surface area is 88.5 Å². The maximum atomic E-state index is 11.4. The number of nitrogens with zero attached hydrogens (tertiary/aromatic N) is 1. The van der Waals surface area contributed by atoms with Gasteiger partial charge >= 0.3 is 0 Å². The molecule has 0 bridgehead atoms. The molecular formula is C9H14N2O3S. The van der Waals surface area contributed by atoms with E-state index in [4.69, 9.17) is 10.3 Å². The molecule has 0 amide bonds. The van der Waals surface area contributed by atoms with Gasteiger partial charge in [0.15, 0.2) is 9.84 Å². The second-order valence-electron chi connectivity index (χ2n) is 4.05. The normalized spacial score (nSPS) is 20.9. The molecule has 1 unspecified atom stereocenters. The van der Waals surface area contributed by atoms with Crippen molar-refractivity contribution in [3.8, 4) is 0 Å². The molecule has 0 radical (unpaired) electrons. The number of aromatic nitrogens is 1. The Morgan fingerprint density at radius 2 is 2.33 bits per heavy atom. The predicted molar refractivity (Wildman–Crippen MR) is 55.1 cm³/mol. The summed E-state index contributed by atoms with van der Waals surface area (Å²) < 4.78 is 28.0. The van der Waals surface area contributed by atoms with Crippen molar-refractivity contribution in [1.29, 1.82) is 0 Å². The summed E-state index contributed by atoms with van der Waals surface area (Å²) in [6.07, 6.45) is 0.998. The molecule has 2 heterocycles. The lowest BCUT2D eigenvalue weighted by atomic mass is 10.1. The summed E-state index contributed by atoms with van der Waals surface area (Å²) >= 11 is 0. The van der Waals surface area contributed by atoms with E-state index in [0.717, 1.165) is 11.3 Å². The fourth-order valence-corrected chi connectivity index (χ4v) is 3.15. The van der Waals surface area contributed by atoms with E-state index in [1.165, 1.54) is 0 Å². The second-order valence-corrected chi connectivity index (χ2v) is 6.24. The summed E-state index contributed by atoms with van der Waals surface area (Å²) in [5, 5.41) is 3.88. The van der Waals surface area contributed by atoms with Crippen LogP contribution >= 0.6 is 0 Å². The maximum absolute atomic E-state index is 11.4. The van der Waals surface area contributed by atoms with Gasteiger partial charge in [-0.05, 0) is 6.92 Å². The fraction of sp³-hybridized carbons (Fsp3) is 0.667. The SMILES string of the molecule is CC(N)Cc1onc2c1CS(=O)(=O)CC2. The second kappa shape index (κ2) is 3.61. The Kier molecular flexibility index (Phi) is 2.56. The number of sulfone groups is 1. The summed E-state index contributed by atoms with van der Waals surface area (Å²) in [6, 6.07) is -0.0494. The van der Waals surface area contributed by atoms with Gasteiger partial charge in [-0.1, -0.05) is 5.16 Å². The molecule has 1 aromatic rings. The molecule has 0 saturated heterocycles. The summed E-state index contributed by atoms with van der Waals surface area (Å²) in [4.78, 5) is 0. The van der Waals surface area contributed by atoms with Crippen LogP contribution < -0.4 is 5.73 Å². The minimum absolute atomic E-state index is 0.0494. The van der Waals surface area contributed by atoms with Crippen LogP contribution in [0, 0.1) is 0 Å². The molecule has 6 heteroatoms. The van der Waals surface area contributed by atoms with E-state index in [1.54, 1.807) is 0 Å². The zero-order chi connectivity index (χ0) is 11.1. The van der Waals surface area contributed by atoms with Crippen LogP contribution in [0.15, 0.2) is 4.52 Å². The highest BCUT2D eigenvalue weighted by molar-refractivity contribution is 7.90. The van der Waals surface area contributed by atoms with Gasteiger partial charge in [-0.2, -0.15) is 0 Å². The molecule has 84 valence electrons. The van der Waals surface area contributed by atoms with Crippen LogP contribution in [0.3, 0.4) is 0 Å². The number of hydrogen-bond acceptors (Lipinski definition) is 5. The van der Waals surface area contributed by atoms with Gasteiger partial charge in [-0.3, -0.25) is 0 Å². The maximum Gasteiger partial charge on any atom is 0.155 e. The molecule has 0 aromatic carbocycles. The van der Waals surface area contributed by atoms with Crippen LogP contribution in [-0.4, -0.2) is 25.4 Å². The Morgan fingerprint density at radius 3 is 3.00 bits per heavy atom. The first-order valence-electron chi connectivity index (χ1n) is 4.90. The average Bonchev–Trinajstić information content (AvgIpc) is 2.46. The summed E-state index contributed by atoms with van der Waals surface area (Å²) in [5.41, 5.74) is 7.16. The number of nitrogens with two attached hydrogens (primary N) is 1.